The van der Waals surface area contributed by atoms with E-state index in [-0.39, 0.29) is 43.7 Å². The van der Waals surface area contributed by atoms with E-state index in [1.54, 1.807) is 6.07 Å². The van der Waals surface area contributed by atoms with Gasteiger partial charge in [0.05, 0.1) is 29.4 Å². The number of hydrogen-bond donors (Lipinski definition) is 3. The molecule has 6 rings (SSSR count). The predicted octanol–water partition coefficient (Wildman–Crippen LogP) is 2.96. The monoisotopic (exact) mass is 518 g/mol. The zero-order valence-electron chi connectivity index (χ0n) is 19.3. The average Bonchev–Trinajstić information content (AvgIpc) is 3.55. The van der Waals surface area contributed by atoms with Crippen LogP contribution >= 0.6 is 11.6 Å². The van der Waals surface area contributed by atoms with Gasteiger partial charge in [0.25, 0.3) is 6.01 Å². The number of H-pyrrole nitrogens is 1. The lowest BCUT2D eigenvalue weighted by atomic mass is 9.97. The molecule has 0 spiro atoms. The molecule has 0 radical (unpaired) electrons. The Morgan fingerprint density at radius 1 is 1.08 bits per heavy atom. The lowest BCUT2D eigenvalue weighted by Crippen LogP contribution is -2.34. The largest absolute Gasteiger partial charge is 0.456 e. The van der Waals surface area contributed by atoms with Crippen molar-refractivity contribution in [3.05, 3.63) is 57.8 Å². The summed E-state index contributed by atoms with van der Waals surface area (Å²) in [7, 11) is 0. The molecule has 4 atom stereocenters. The van der Waals surface area contributed by atoms with Crippen LogP contribution in [0, 0.1) is 11.6 Å². The molecule has 2 fully saturated rings. The number of aliphatic hydroxyl groups excluding tert-OH is 1. The lowest BCUT2D eigenvalue weighted by molar-refractivity contribution is 0.00706. The molecule has 0 bridgehead atoms. The first-order chi connectivity index (χ1) is 17.5. The molecule has 2 aromatic heterocycles. The molecular formula is C25H25ClF2N4O4. The van der Waals surface area contributed by atoms with E-state index in [2.05, 4.69) is 20.3 Å². The Balaban J connectivity index is 1.17. The Labute approximate surface area is 210 Å². The van der Waals surface area contributed by atoms with E-state index in [1.807, 2.05) is 6.08 Å². The molecule has 2 saturated heterocycles. The molecule has 8 nitrogen and oxygen atoms in total. The van der Waals surface area contributed by atoms with Crippen LogP contribution < -0.4 is 10.1 Å². The molecule has 0 saturated carbocycles. The lowest BCUT2D eigenvalue weighted by Gasteiger charge is -2.15. The number of nitrogens with zero attached hydrogens (tertiary/aromatic N) is 2. The van der Waals surface area contributed by atoms with Crippen molar-refractivity contribution in [2.75, 3.05) is 26.3 Å². The first kappa shape index (κ1) is 23.7. The van der Waals surface area contributed by atoms with Gasteiger partial charge in [-0.3, -0.25) is 0 Å². The summed E-state index contributed by atoms with van der Waals surface area (Å²) in [5.41, 5.74) is 2.96. The molecule has 3 aliphatic rings. The summed E-state index contributed by atoms with van der Waals surface area (Å²) >= 11 is 6.42. The number of aryl methyl sites for hydroxylation is 1. The Kier molecular flexibility index (Phi) is 6.38. The predicted molar refractivity (Wildman–Crippen MR) is 128 cm³/mol. The summed E-state index contributed by atoms with van der Waals surface area (Å²) in [6, 6.07) is 4.69. The van der Waals surface area contributed by atoms with Crippen molar-refractivity contribution in [2.24, 2.45) is 0 Å². The SMILES string of the molecule is O[C@@H]1CO[C@H]2[C@@H]1OC[C@H]2Oc1nc2nc(CCc3c(F)cc(C4=CCNCC4)cc3F)c(Cl)cc2[nH]1. The second kappa shape index (κ2) is 9.68. The van der Waals surface area contributed by atoms with E-state index < -0.39 is 29.9 Å². The van der Waals surface area contributed by atoms with Crippen LogP contribution in [0.25, 0.3) is 16.7 Å². The maximum absolute atomic E-state index is 14.8. The second-order valence-corrected chi connectivity index (χ2v) is 9.66. The van der Waals surface area contributed by atoms with Crippen molar-refractivity contribution in [3.63, 3.8) is 0 Å². The molecule has 3 aromatic rings. The van der Waals surface area contributed by atoms with E-state index in [9.17, 15) is 13.9 Å². The maximum Gasteiger partial charge on any atom is 0.296 e. The van der Waals surface area contributed by atoms with E-state index in [0.29, 0.717) is 34.0 Å². The number of aliphatic hydroxyl groups is 1. The van der Waals surface area contributed by atoms with Crippen LogP contribution in [-0.4, -0.2) is 70.8 Å². The summed E-state index contributed by atoms with van der Waals surface area (Å²) in [5.74, 6) is -1.15. The Bertz CT molecular complexity index is 1310. The average molecular weight is 519 g/mol. The van der Waals surface area contributed by atoms with Crippen LogP contribution in [0.4, 0.5) is 8.78 Å². The standard InChI is InChI=1S/C25H25ClF2N4O4/c26-15-9-19-24(32-25(31-19)36-21-11-35-22-20(33)10-34-23(21)22)30-18(15)2-1-14-16(27)7-13(8-17(14)28)12-3-5-29-6-4-12/h3,7-9,20-23,29,33H,1-2,4-6,10-11H2,(H,30,31,32)/t20-,21-,22-,23-/m1/s1. The van der Waals surface area contributed by atoms with Gasteiger partial charge in [-0.25, -0.2) is 13.8 Å². The molecule has 0 unspecified atom stereocenters. The minimum absolute atomic E-state index is 0.00633. The summed E-state index contributed by atoms with van der Waals surface area (Å²) in [5, 5.41) is 13.4. The van der Waals surface area contributed by atoms with Gasteiger partial charge in [0.15, 0.2) is 11.8 Å². The van der Waals surface area contributed by atoms with Crippen molar-refractivity contribution < 1.29 is 28.1 Å². The van der Waals surface area contributed by atoms with Gasteiger partial charge < -0.3 is 29.6 Å². The van der Waals surface area contributed by atoms with E-state index in [1.165, 1.54) is 12.1 Å². The van der Waals surface area contributed by atoms with Gasteiger partial charge in [-0.1, -0.05) is 17.7 Å². The molecule has 190 valence electrons. The van der Waals surface area contributed by atoms with Gasteiger partial charge in [-0.05, 0) is 55.1 Å². The van der Waals surface area contributed by atoms with Crippen molar-refractivity contribution in [1.29, 1.82) is 0 Å². The fraction of sp³-hybridized carbons (Fsp3) is 0.440. The van der Waals surface area contributed by atoms with Crippen molar-refractivity contribution in [1.82, 2.24) is 20.3 Å². The first-order valence-corrected chi connectivity index (χ1v) is 12.3. The highest BCUT2D eigenvalue weighted by Crippen LogP contribution is 2.31. The van der Waals surface area contributed by atoms with Crippen molar-refractivity contribution >= 4 is 28.3 Å². The van der Waals surface area contributed by atoms with Crippen molar-refractivity contribution in [2.45, 2.75) is 43.7 Å². The number of hydrogen-bond acceptors (Lipinski definition) is 7. The smallest absolute Gasteiger partial charge is 0.296 e. The van der Waals surface area contributed by atoms with Gasteiger partial charge in [0.2, 0.25) is 0 Å². The Morgan fingerprint density at radius 3 is 2.67 bits per heavy atom. The van der Waals surface area contributed by atoms with Crippen LogP contribution in [0.15, 0.2) is 24.3 Å². The zero-order chi connectivity index (χ0) is 24.8. The highest BCUT2D eigenvalue weighted by atomic mass is 35.5. The molecule has 3 N–H and O–H groups in total. The molecule has 0 amide bonds. The highest BCUT2D eigenvalue weighted by molar-refractivity contribution is 6.31. The van der Waals surface area contributed by atoms with E-state index in [0.717, 1.165) is 18.5 Å². The molecule has 36 heavy (non-hydrogen) atoms. The van der Waals surface area contributed by atoms with Crippen LogP contribution in [0.1, 0.15) is 23.2 Å². The first-order valence-electron chi connectivity index (χ1n) is 12.0. The normalized spacial score (nSPS) is 25.8. The number of ether oxygens (including phenoxy) is 3. The summed E-state index contributed by atoms with van der Waals surface area (Å²) in [4.78, 5) is 11.9. The number of rotatable bonds is 6. The van der Waals surface area contributed by atoms with Crippen molar-refractivity contribution in [3.8, 4) is 6.01 Å². The minimum atomic E-state index is -0.671. The third-order valence-electron chi connectivity index (χ3n) is 6.91. The summed E-state index contributed by atoms with van der Waals surface area (Å²) in [6.45, 7) is 1.96. The van der Waals surface area contributed by atoms with E-state index in [4.69, 9.17) is 25.8 Å². The Hall–Kier alpha value is -2.63. The number of aromatic amines is 1. The molecule has 3 aliphatic heterocycles. The molecular weight excluding hydrogens is 494 g/mol. The van der Waals surface area contributed by atoms with E-state index >= 15 is 0 Å². The number of pyridine rings is 1. The van der Waals surface area contributed by atoms with Gasteiger partial charge in [-0.15, -0.1) is 0 Å². The van der Waals surface area contributed by atoms with Crippen LogP contribution in [0.5, 0.6) is 6.01 Å². The van der Waals surface area contributed by atoms with Crippen LogP contribution in [0.2, 0.25) is 5.02 Å². The fourth-order valence-electron chi connectivity index (χ4n) is 5.01. The topological polar surface area (TPSA) is 102 Å². The maximum atomic E-state index is 14.8. The molecule has 5 heterocycles. The van der Waals surface area contributed by atoms with Gasteiger partial charge in [0, 0.05) is 12.1 Å². The molecule has 0 aliphatic carbocycles. The Morgan fingerprint density at radius 2 is 1.89 bits per heavy atom. The van der Waals surface area contributed by atoms with Gasteiger partial charge in [-0.2, -0.15) is 4.98 Å². The highest BCUT2D eigenvalue weighted by Gasteiger charge is 2.48. The zero-order valence-corrected chi connectivity index (χ0v) is 20.0. The fourth-order valence-corrected chi connectivity index (χ4v) is 5.25. The second-order valence-electron chi connectivity index (χ2n) is 9.25. The van der Waals surface area contributed by atoms with Crippen LogP contribution in [0.3, 0.4) is 0 Å². The van der Waals surface area contributed by atoms with Crippen LogP contribution in [-0.2, 0) is 22.3 Å². The van der Waals surface area contributed by atoms with Gasteiger partial charge >= 0.3 is 0 Å². The minimum Gasteiger partial charge on any atom is -0.456 e. The number of nitrogens with one attached hydrogen (secondary N) is 2. The summed E-state index contributed by atoms with van der Waals surface area (Å²) < 4.78 is 46.7. The molecule has 1 aromatic carbocycles. The number of benzene rings is 1. The number of aromatic nitrogens is 3. The summed E-state index contributed by atoms with van der Waals surface area (Å²) in [6.07, 6.45) is 1.16. The molecule has 11 heteroatoms. The number of imidazole rings is 1. The van der Waals surface area contributed by atoms with Gasteiger partial charge in [0.1, 0.15) is 29.9 Å². The third-order valence-corrected chi connectivity index (χ3v) is 7.24. The quantitative estimate of drug-likeness (QED) is 0.461. The third kappa shape index (κ3) is 4.48. The number of fused-ring (bicyclic) bond motifs is 2. The number of halogens is 3.